The van der Waals surface area contributed by atoms with E-state index < -0.39 is 0 Å². The quantitative estimate of drug-likeness (QED) is 0.254. The van der Waals surface area contributed by atoms with Gasteiger partial charge in [-0.05, 0) is 24.3 Å². The van der Waals surface area contributed by atoms with Crippen molar-refractivity contribution < 1.29 is 9.53 Å². The first-order chi connectivity index (χ1) is 7.88. The van der Waals surface area contributed by atoms with Crippen LogP contribution in [0, 0.1) is 0 Å². The van der Waals surface area contributed by atoms with Crippen LogP contribution in [0.5, 0.6) is 0 Å². The molecule has 16 heavy (non-hydrogen) atoms. The van der Waals surface area contributed by atoms with Crippen LogP contribution in [-0.2, 0) is 9.53 Å². The number of benzene rings is 1. The summed E-state index contributed by atoms with van der Waals surface area (Å²) < 4.78 is 5.15. The Morgan fingerprint density at radius 2 is 1.94 bits per heavy atom. The molecule has 0 N–H and O–H groups in total. The lowest BCUT2D eigenvalue weighted by Gasteiger charge is -2.02. The zero-order valence-corrected chi connectivity index (χ0v) is 9.04. The van der Waals surface area contributed by atoms with E-state index in [1.807, 2.05) is 30.3 Å². The first-order valence-electron chi connectivity index (χ1n) is 4.82. The SMILES string of the molecule is COC(=N/C=C/C=C/C=O)c1ccccc1. The zero-order chi connectivity index (χ0) is 11.6. The highest BCUT2D eigenvalue weighted by Gasteiger charge is 1.99. The summed E-state index contributed by atoms with van der Waals surface area (Å²) in [7, 11) is 1.57. The number of allylic oxidation sites excluding steroid dienone is 3. The smallest absolute Gasteiger partial charge is 0.220 e. The minimum atomic E-state index is 0.538. The molecule has 1 aromatic rings. The van der Waals surface area contributed by atoms with Crippen molar-refractivity contribution in [2.24, 2.45) is 4.99 Å². The van der Waals surface area contributed by atoms with Crippen LogP contribution in [0.3, 0.4) is 0 Å². The Balaban J connectivity index is 2.75. The van der Waals surface area contributed by atoms with Gasteiger partial charge >= 0.3 is 0 Å². The van der Waals surface area contributed by atoms with Crippen LogP contribution in [0.15, 0.2) is 59.8 Å². The Morgan fingerprint density at radius 1 is 1.19 bits per heavy atom. The highest BCUT2D eigenvalue weighted by atomic mass is 16.5. The highest BCUT2D eigenvalue weighted by molar-refractivity contribution is 5.94. The zero-order valence-electron chi connectivity index (χ0n) is 9.04. The first kappa shape index (κ1) is 11.9. The van der Waals surface area contributed by atoms with Crippen LogP contribution >= 0.6 is 0 Å². The average molecular weight is 215 g/mol. The Labute approximate surface area is 94.8 Å². The minimum absolute atomic E-state index is 0.538. The third-order valence-corrected chi connectivity index (χ3v) is 1.79. The molecular formula is C13H13NO2. The molecular weight excluding hydrogens is 202 g/mol. The van der Waals surface area contributed by atoms with Crippen molar-refractivity contribution in [3.05, 3.63) is 60.3 Å². The summed E-state index contributed by atoms with van der Waals surface area (Å²) in [6.45, 7) is 0. The van der Waals surface area contributed by atoms with Crippen molar-refractivity contribution in [2.75, 3.05) is 7.11 Å². The lowest BCUT2D eigenvalue weighted by molar-refractivity contribution is -0.104. The standard InChI is InChI=1S/C13H13NO2/c1-16-13(12-8-4-2-5-9-12)14-10-6-3-7-11-15/h2-11H,1H3/b7-3+,10-6+,14-13?. The van der Waals surface area contributed by atoms with E-state index in [4.69, 9.17) is 4.74 Å². The fourth-order valence-electron chi connectivity index (χ4n) is 1.10. The molecule has 0 unspecified atom stereocenters. The molecule has 0 fully saturated rings. The Bertz CT molecular complexity index is 405. The summed E-state index contributed by atoms with van der Waals surface area (Å²) in [6, 6.07) is 9.59. The molecule has 3 heteroatoms. The van der Waals surface area contributed by atoms with E-state index in [-0.39, 0.29) is 0 Å². The predicted molar refractivity (Wildman–Crippen MR) is 64.3 cm³/mol. The number of nitrogens with zero attached hydrogens (tertiary/aromatic N) is 1. The Morgan fingerprint density at radius 3 is 2.56 bits per heavy atom. The third-order valence-electron chi connectivity index (χ3n) is 1.79. The number of carbonyl (C=O) groups excluding carboxylic acids is 1. The van der Waals surface area contributed by atoms with Gasteiger partial charge in [-0.25, -0.2) is 4.99 Å². The number of methoxy groups -OCH3 is 1. The van der Waals surface area contributed by atoms with Gasteiger partial charge in [-0.1, -0.05) is 24.3 Å². The molecule has 0 saturated carbocycles. The average Bonchev–Trinajstić information content (AvgIpc) is 2.35. The molecule has 0 bridgehead atoms. The molecule has 82 valence electrons. The van der Waals surface area contributed by atoms with Gasteiger partial charge in [-0.3, -0.25) is 4.79 Å². The molecule has 0 radical (unpaired) electrons. The molecule has 0 atom stereocenters. The third kappa shape index (κ3) is 3.92. The van der Waals surface area contributed by atoms with Gasteiger partial charge in [0.2, 0.25) is 5.90 Å². The number of rotatable bonds is 4. The lowest BCUT2D eigenvalue weighted by Crippen LogP contribution is -2.01. The molecule has 0 aliphatic heterocycles. The van der Waals surface area contributed by atoms with E-state index in [0.717, 1.165) is 5.56 Å². The normalized spacial score (nSPS) is 12.2. The molecule has 0 heterocycles. The van der Waals surface area contributed by atoms with E-state index in [1.54, 1.807) is 25.5 Å². The van der Waals surface area contributed by atoms with Gasteiger partial charge < -0.3 is 4.74 Å². The van der Waals surface area contributed by atoms with Crippen LogP contribution in [0.1, 0.15) is 5.56 Å². The van der Waals surface area contributed by atoms with Crippen LogP contribution in [0.4, 0.5) is 0 Å². The Kier molecular flexibility index (Phi) is 5.34. The van der Waals surface area contributed by atoms with Crippen LogP contribution in [-0.4, -0.2) is 19.3 Å². The summed E-state index contributed by atoms with van der Waals surface area (Å²) in [4.78, 5) is 14.1. The molecule has 0 aromatic heterocycles. The van der Waals surface area contributed by atoms with Gasteiger partial charge in [0.05, 0.1) is 7.11 Å². The monoisotopic (exact) mass is 215 g/mol. The summed E-state index contributed by atoms with van der Waals surface area (Å²) >= 11 is 0. The number of hydrogen-bond donors (Lipinski definition) is 0. The fourth-order valence-corrected chi connectivity index (χ4v) is 1.10. The molecule has 0 saturated heterocycles. The van der Waals surface area contributed by atoms with Gasteiger partial charge in [0, 0.05) is 11.8 Å². The van der Waals surface area contributed by atoms with Gasteiger partial charge in [-0.2, -0.15) is 0 Å². The van der Waals surface area contributed by atoms with Crippen molar-refractivity contribution >= 4 is 12.2 Å². The summed E-state index contributed by atoms with van der Waals surface area (Å²) in [5, 5.41) is 0. The van der Waals surface area contributed by atoms with Crippen LogP contribution in [0.2, 0.25) is 0 Å². The molecule has 0 aliphatic carbocycles. The van der Waals surface area contributed by atoms with Crippen LogP contribution in [0.25, 0.3) is 0 Å². The van der Waals surface area contributed by atoms with Crippen molar-refractivity contribution in [1.82, 2.24) is 0 Å². The van der Waals surface area contributed by atoms with E-state index in [2.05, 4.69) is 4.99 Å². The number of carbonyl (C=O) groups is 1. The maximum atomic E-state index is 10.00. The van der Waals surface area contributed by atoms with Crippen molar-refractivity contribution in [3.8, 4) is 0 Å². The van der Waals surface area contributed by atoms with Gasteiger partial charge in [0.1, 0.15) is 6.29 Å². The highest BCUT2D eigenvalue weighted by Crippen LogP contribution is 2.02. The van der Waals surface area contributed by atoms with E-state index in [1.165, 1.54) is 6.08 Å². The topological polar surface area (TPSA) is 38.7 Å². The molecule has 1 aromatic carbocycles. The second-order valence-electron chi connectivity index (χ2n) is 2.87. The van der Waals surface area contributed by atoms with E-state index >= 15 is 0 Å². The van der Waals surface area contributed by atoms with Gasteiger partial charge in [0.15, 0.2) is 0 Å². The second-order valence-corrected chi connectivity index (χ2v) is 2.87. The van der Waals surface area contributed by atoms with E-state index in [9.17, 15) is 4.79 Å². The van der Waals surface area contributed by atoms with Gasteiger partial charge in [0.25, 0.3) is 0 Å². The number of ether oxygens (including phenoxy) is 1. The maximum Gasteiger partial charge on any atom is 0.220 e. The van der Waals surface area contributed by atoms with Crippen molar-refractivity contribution in [3.63, 3.8) is 0 Å². The first-order valence-corrected chi connectivity index (χ1v) is 4.82. The predicted octanol–water partition coefficient (Wildman–Crippen LogP) is 2.35. The van der Waals surface area contributed by atoms with Crippen molar-refractivity contribution in [1.29, 1.82) is 0 Å². The second kappa shape index (κ2) is 7.17. The van der Waals surface area contributed by atoms with Crippen LogP contribution < -0.4 is 0 Å². The maximum absolute atomic E-state index is 10.00. The molecule has 1 rings (SSSR count). The molecule has 0 aliphatic rings. The summed E-state index contributed by atoms with van der Waals surface area (Å²) in [5.74, 6) is 0.538. The number of aldehydes is 1. The summed E-state index contributed by atoms with van der Waals surface area (Å²) in [6.07, 6.45) is 6.94. The number of aliphatic imine (C=N–C) groups is 1. The summed E-state index contributed by atoms with van der Waals surface area (Å²) in [5.41, 5.74) is 0.911. The van der Waals surface area contributed by atoms with Gasteiger partial charge in [-0.15, -0.1) is 0 Å². The fraction of sp³-hybridized carbons (Fsp3) is 0.0769. The van der Waals surface area contributed by atoms with E-state index in [0.29, 0.717) is 12.2 Å². The Hall–Kier alpha value is -2.16. The molecule has 0 amide bonds. The lowest BCUT2D eigenvalue weighted by atomic mass is 10.2. The molecule has 0 spiro atoms. The minimum Gasteiger partial charge on any atom is -0.481 e. The largest absolute Gasteiger partial charge is 0.481 e. The number of hydrogen-bond acceptors (Lipinski definition) is 3. The van der Waals surface area contributed by atoms with Crippen molar-refractivity contribution in [2.45, 2.75) is 0 Å². The molecule has 3 nitrogen and oxygen atoms in total.